The van der Waals surface area contributed by atoms with Gasteiger partial charge in [0.2, 0.25) is 0 Å². The van der Waals surface area contributed by atoms with Gasteiger partial charge in [-0.25, -0.2) is 0 Å². The molecule has 0 aliphatic rings. The molecule has 2 nitrogen and oxygen atoms in total. The van der Waals surface area contributed by atoms with Crippen molar-refractivity contribution >= 4 is 0 Å². The van der Waals surface area contributed by atoms with Crippen LogP contribution in [0.4, 0.5) is 0 Å². The minimum atomic E-state index is -0.0333. The molecule has 0 aromatic rings. The molecule has 0 heterocycles. The first kappa shape index (κ1) is 20.9. The van der Waals surface area contributed by atoms with Crippen molar-refractivity contribution in [3.63, 3.8) is 0 Å². The zero-order chi connectivity index (χ0) is 15.6. The van der Waals surface area contributed by atoms with Gasteiger partial charge in [0.05, 0.1) is 6.10 Å². The fourth-order valence-corrected chi connectivity index (χ4v) is 2.87. The second-order valence-electron chi connectivity index (χ2n) is 6.58. The van der Waals surface area contributed by atoms with Gasteiger partial charge in [-0.1, -0.05) is 84.0 Å². The van der Waals surface area contributed by atoms with Crippen molar-refractivity contribution in [2.45, 2.75) is 109 Å². The lowest BCUT2D eigenvalue weighted by Crippen LogP contribution is -2.06. The normalized spacial score (nSPS) is 12.7. The van der Waals surface area contributed by atoms with Gasteiger partial charge in [-0.05, 0) is 32.9 Å². The zero-order valence-electron chi connectivity index (χ0n) is 14.8. The van der Waals surface area contributed by atoms with E-state index in [0.717, 1.165) is 12.8 Å². The maximum Gasteiger partial charge on any atom is 0.0540 e. The molecule has 0 amide bonds. The van der Waals surface area contributed by atoms with Gasteiger partial charge in [0.1, 0.15) is 0 Å². The highest BCUT2D eigenvalue weighted by Crippen LogP contribution is 2.14. The first-order valence-corrected chi connectivity index (χ1v) is 9.64. The summed E-state index contributed by atoms with van der Waals surface area (Å²) in [7, 11) is 2.03. The number of hydrogen-bond acceptors (Lipinski definition) is 2. The molecule has 1 atom stereocenters. The molecule has 21 heavy (non-hydrogen) atoms. The molecule has 0 aliphatic carbocycles. The number of aliphatic hydroxyl groups excluding tert-OH is 1. The van der Waals surface area contributed by atoms with Crippen molar-refractivity contribution in [3.05, 3.63) is 0 Å². The molecule has 2 heteroatoms. The quantitative estimate of drug-likeness (QED) is 0.351. The number of rotatable bonds is 17. The summed E-state index contributed by atoms with van der Waals surface area (Å²) in [5, 5.41) is 13.1. The molecule has 0 spiro atoms. The molecule has 0 saturated heterocycles. The van der Waals surface area contributed by atoms with Crippen molar-refractivity contribution in [1.82, 2.24) is 5.32 Å². The van der Waals surface area contributed by atoms with Crippen molar-refractivity contribution in [3.8, 4) is 0 Å². The molecule has 0 radical (unpaired) electrons. The highest BCUT2D eigenvalue weighted by atomic mass is 16.3. The van der Waals surface area contributed by atoms with Gasteiger partial charge < -0.3 is 10.4 Å². The Balaban J connectivity index is 3.07. The maximum absolute atomic E-state index is 9.89. The van der Waals surface area contributed by atoms with Gasteiger partial charge in [0, 0.05) is 0 Å². The van der Waals surface area contributed by atoms with Crippen LogP contribution in [-0.4, -0.2) is 24.8 Å². The van der Waals surface area contributed by atoms with Crippen molar-refractivity contribution in [1.29, 1.82) is 0 Å². The van der Waals surface area contributed by atoms with Crippen LogP contribution in [0.15, 0.2) is 0 Å². The number of aliphatic hydroxyl groups is 1. The molecular weight excluding hydrogens is 258 g/mol. The standard InChI is InChI=1S/C19H41NO/c1-3-4-5-13-16-19(21)17-14-11-9-7-6-8-10-12-15-18-20-2/h19-21H,3-18H2,1-2H3/t19-/m1/s1. The lowest BCUT2D eigenvalue weighted by molar-refractivity contribution is 0.147. The molecule has 0 rings (SSSR count). The Labute approximate surface area is 134 Å². The summed E-state index contributed by atoms with van der Waals surface area (Å²) >= 11 is 0. The molecular formula is C19H41NO. The average molecular weight is 300 g/mol. The molecule has 0 aliphatic heterocycles. The third-order valence-corrected chi connectivity index (χ3v) is 4.36. The van der Waals surface area contributed by atoms with Crippen LogP contribution in [0.1, 0.15) is 103 Å². The highest BCUT2D eigenvalue weighted by Gasteiger charge is 2.03. The van der Waals surface area contributed by atoms with Gasteiger partial charge in [0.25, 0.3) is 0 Å². The van der Waals surface area contributed by atoms with E-state index in [2.05, 4.69) is 12.2 Å². The third-order valence-electron chi connectivity index (χ3n) is 4.36. The molecule has 0 aromatic heterocycles. The van der Waals surface area contributed by atoms with Crippen molar-refractivity contribution < 1.29 is 5.11 Å². The van der Waals surface area contributed by atoms with Gasteiger partial charge in [-0.15, -0.1) is 0 Å². The summed E-state index contributed by atoms with van der Waals surface area (Å²) < 4.78 is 0. The van der Waals surface area contributed by atoms with Crippen LogP contribution in [0.5, 0.6) is 0 Å². The smallest absolute Gasteiger partial charge is 0.0540 e. The van der Waals surface area contributed by atoms with E-state index in [1.807, 2.05) is 7.05 Å². The summed E-state index contributed by atoms with van der Waals surface area (Å²) in [6.45, 7) is 3.40. The minimum absolute atomic E-state index is 0.0333. The first-order valence-electron chi connectivity index (χ1n) is 9.64. The molecule has 128 valence electrons. The van der Waals surface area contributed by atoms with E-state index in [0.29, 0.717) is 0 Å². The molecule has 0 bridgehead atoms. The predicted octanol–water partition coefficient (Wildman–Crippen LogP) is 5.44. The van der Waals surface area contributed by atoms with E-state index in [1.54, 1.807) is 0 Å². The molecule has 2 N–H and O–H groups in total. The van der Waals surface area contributed by atoms with Gasteiger partial charge in [-0.3, -0.25) is 0 Å². The average Bonchev–Trinajstić information content (AvgIpc) is 2.49. The van der Waals surface area contributed by atoms with E-state index in [-0.39, 0.29) is 6.10 Å². The molecule has 0 saturated carbocycles. The Morgan fingerprint density at radius 1 is 0.667 bits per heavy atom. The second-order valence-corrected chi connectivity index (χ2v) is 6.58. The Bertz CT molecular complexity index is 184. The van der Waals surface area contributed by atoms with E-state index in [9.17, 15) is 5.11 Å². The summed E-state index contributed by atoms with van der Waals surface area (Å²) in [6, 6.07) is 0. The van der Waals surface area contributed by atoms with Crippen LogP contribution in [-0.2, 0) is 0 Å². The first-order chi connectivity index (χ1) is 10.3. The summed E-state index contributed by atoms with van der Waals surface area (Å²) in [4.78, 5) is 0. The number of hydrogen-bond donors (Lipinski definition) is 2. The summed E-state index contributed by atoms with van der Waals surface area (Å²) in [5.74, 6) is 0. The van der Waals surface area contributed by atoms with Gasteiger partial charge in [-0.2, -0.15) is 0 Å². The number of unbranched alkanes of at least 4 members (excludes halogenated alkanes) is 11. The van der Waals surface area contributed by atoms with Crippen LogP contribution in [0.25, 0.3) is 0 Å². The van der Waals surface area contributed by atoms with Crippen LogP contribution in [0.3, 0.4) is 0 Å². The van der Waals surface area contributed by atoms with E-state index >= 15 is 0 Å². The minimum Gasteiger partial charge on any atom is -0.393 e. The monoisotopic (exact) mass is 299 g/mol. The molecule has 0 fully saturated rings. The van der Waals surface area contributed by atoms with E-state index < -0.39 is 0 Å². The fourth-order valence-electron chi connectivity index (χ4n) is 2.87. The second kappa shape index (κ2) is 18.0. The lowest BCUT2D eigenvalue weighted by atomic mass is 10.0. The van der Waals surface area contributed by atoms with Crippen molar-refractivity contribution in [2.75, 3.05) is 13.6 Å². The van der Waals surface area contributed by atoms with Gasteiger partial charge >= 0.3 is 0 Å². The SMILES string of the molecule is CCCCCC[C@@H](O)CCCCCCCCCCCNC. The lowest BCUT2D eigenvalue weighted by Gasteiger charge is -2.10. The summed E-state index contributed by atoms with van der Waals surface area (Å²) in [5.41, 5.74) is 0. The number of nitrogens with one attached hydrogen (secondary N) is 1. The van der Waals surface area contributed by atoms with Gasteiger partial charge in [0.15, 0.2) is 0 Å². The topological polar surface area (TPSA) is 32.3 Å². The predicted molar refractivity (Wildman–Crippen MR) is 94.9 cm³/mol. The van der Waals surface area contributed by atoms with E-state index in [4.69, 9.17) is 0 Å². The molecule has 0 unspecified atom stereocenters. The van der Waals surface area contributed by atoms with Crippen LogP contribution in [0, 0.1) is 0 Å². The summed E-state index contributed by atoms with van der Waals surface area (Å²) in [6.07, 6.45) is 19.3. The van der Waals surface area contributed by atoms with Crippen LogP contribution >= 0.6 is 0 Å². The zero-order valence-corrected chi connectivity index (χ0v) is 14.8. The Kier molecular flexibility index (Phi) is 17.9. The fraction of sp³-hybridized carbons (Fsp3) is 1.00. The Morgan fingerprint density at radius 3 is 1.57 bits per heavy atom. The largest absolute Gasteiger partial charge is 0.393 e. The molecule has 0 aromatic carbocycles. The third kappa shape index (κ3) is 17.9. The van der Waals surface area contributed by atoms with Crippen LogP contribution < -0.4 is 5.32 Å². The van der Waals surface area contributed by atoms with E-state index in [1.165, 1.54) is 90.0 Å². The highest BCUT2D eigenvalue weighted by molar-refractivity contribution is 4.57. The van der Waals surface area contributed by atoms with Crippen molar-refractivity contribution in [2.24, 2.45) is 0 Å². The maximum atomic E-state index is 9.89. The Morgan fingerprint density at radius 2 is 1.10 bits per heavy atom. The van der Waals surface area contributed by atoms with Crippen LogP contribution in [0.2, 0.25) is 0 Å². The Hall–Kier alpha value is -0.0800.